The first kappa shape index (κ1) is 23.5. The molecule has 0 fully saturated rings. The molecule has 1 aromatic rings. The Kier molecular flexibility index (Phi) is 12.6. The van der Waals surface area contributed by atoms with Crippen molar-refractivity contribution in [3.63, 3.8) is 0 Å². The van der Waals surface area contributed by atoms with Crippen molar-refractivity contribution < 1.29 is 28.5 Å². The molecule has 27 heavy (non-hydrogen) atoms. The molecule has 0 aliphatic heterocycles. The van der Waals surface area contributed by atoms with Crippen molar-refractivity contribution in [1.29, 1.82) is 0 Å². The first-order valence-corrected chi connectivity index (χ1v) is 9.08. The van der Waals surface area contributed by atoms with Gasteiger partial charge in [0.25, 0.3) is 0 Å². The van der Waals surface area contributed by atoms with Gasteiger partial charge in [-0.1, -0.05) is 12.1 Å². The second kappa shape index (κ2) is 14.5. The van der Waals surface area contributed by atoms with Gasteiger partial charge in [0.05, 0.1) is 65.5 Å². The largest absolute Gasteiger partial charge is 0.465 e. The molecule has 8 heteroatoms. The molecule has 4 N–H and O–H groups in total. The van der Waals surface area contributed by atoms with Crippen LogP contribution in [-0.4, -0.2) is 65.9 Å². The van der Waals surface area contributed by atoms with Gasteiger partial charge in [-0.2, -0.15) is 0 Å². The normalized spacial score (nSPS) is 12.1. The summed E-state index contributed by atoms with van der Waals surface area (Å²) in [5, 5.41) is 0. The highest BCUT2D eigenvalue weighted by Gasteiger charge is 2.15. The summed E-state index contributed by atoms with van der Waals surface area (Å²) in [5.74, 6) is -0.392. The number of hydrogen-bond donors (Lipinski definition) is 2. The Morgan fingerprint density at radius 1 is 0.963 bits per heavy atom. The first-order chi connectivity index (χ1) is 13.1. The molecule has 1 rings (SSSR count). The van der Waals surface area contributed by atoms with Crippen LogP contribution in [0.2, 0.25) is 0 Å². The predicted molar refractivity (Wildman–Crippen MR) is 102 cm³/mol. The molecule has 0 bridgehead atoms. The van der Waals surface area contributed by atoms with E-state index in [4.69, 9.17) is 35.2 Å². The lowest BCUT2D eigenvalue weighted by molar-refractivity contribution is -0.00336. The van der Waals surface area contributed by atoms with E-state index in [-0.39, 0.29) is 6.04 Å². The summed E-state index contributed by atoms with van der Waals surface area (Å²) < 4.78 is 26.4. The SMILES string of the molecule is COC(=O)c1ccc(COCCOCCOCCOCCN)cc1C(C)N. The van der Waals surface area contributed by atoms with Crippen LogP contribution in [0.15, 0.2) is 18.2 Å². The van der Waals surface area contributed by atoms with Crippen LogP contribution >= 0.6 is 0 Å². The van der Waals surface area contributed by atoms with Crippen molar-refractivity contribution in [2.75, 3.05) is 59.9 Å². The van der Waals surface area contributed by atoms with Crippen molar-refractivity contribution in [3.05, 3.63) is 34.9 Å². The third-order valence-electron chi connectivity index (χ3n) is 3.66. The second-order valence-electron chi connectivity index (χ2n) is 5.88. The molecule has 0 aromatic heterocycles. The summed E-state index contributed by atoms with van der Waals surface area (Å²) in [4.78, 5) is 11.8. The molecule has 0 spiro atoms. The van der Waals surface area contributed by atoms with E-state index in [0.29, 0.717) is 65.0 Å². The Morgan fingerprint density at radius 3 is 2.04 bits per heavy atom. The zero-order valence-corrected chi connectivity index (χ0v) is 16.3. The molecule has 0 aliphatic rings. The summed E-state index contributed by atoms with van der Waals surface area (Å²) in [7, 11) is 1.35. The highest BCUT2D eigenvalue weighted by Crippen LogP contribution is 2.19. The molecule has 1 aromatic carbocycles. The maximum Gasteiger partial charge on any atom is 0.338 e. The summed E-state index contributed by atoms with van der Waals surface area (Å²) in [6.45, 7) is 6.34. The Balaban J connectivity index is 2.18. The minimum absolute atomic E-state index is 0.275. The van der Waals surface area contributed by atoms with Gasteiger partial charge in [-0.15, -0.1) is 0 Å². The van der Waals surface area contributed by atoms with Crippen molar-refractivity contribution in [1.82, 2.24) is 0 Å². The van der Waals surface area contributed by atoms with Gasteiger partial charge in [0, 0.05) is 12.6 Å². The van der Waals surface area contributed by atoms with E-state index >= 15 is 0 Å². The van der Waals surface area contributed by atoms with Crippen LogP contribution in [0, 0.1) is 0 Å². The quantitative estimate of drug-likeness (QED) is 0.340. The van der Waals surface area contributed by atoms with E-state index < -0.39 is 5.97 Å². The molecule has 0 saturated heterocycles. The lowest BCUT2D eigenvalue weighted by Gasteiger charge is -2.13. The van der Waals surface area contributed by atoms with Gasteiger partial charge >= 0.3 is 5.97 Å². The number of hydrogen-bond acceptors (Lipinski definition) is 8. The fourth-order valence-electron chi connectivity index (χ4n) is 2.31. The Morgan fingerprint density at radius 2 is 1.52 bits per heavy atom. The number of carbonyl (C=O) groups excluding carboxylic acids is 1. The number of benzene rings is 1. The standard InChI is InChI=1S/C19H32N2O6/c1-15(21)18-13-16(3-4-17(18)19(22)23-2)14-27-12-11-26-10-9-25-8-7-24-6-5-20/h3-4,13,15H,5-12,14,20-21H2,1-2H3. The fourth-order valence-corrected chi connectivity index (χ4v) is 2.31. The smallest absolute Gasteiger partial charge is 0.338 e. The summed E-state index contributed by atoms with van der Waals surface area (Å²) in [6.07, 6.45) is 0. The maximum atomic E-state index is 11.8. The monoisotopic (exact) mass is 384 g/mol. The molecular weight excluding hydrogens is 352 g/mol. The van der Waals surface area contributed by atoms with Gasteiger partial charge < -0.3 is 35.2 Å². The number of esters is 1. The molecule has 0 aliphatic carbocycles. The second-order valence-corrected chi connectivity index (χ2v) is 5.88. The topological polar surface area (TPSA) is 115 Å². The van der Waals surface area contributed by atoms with Gasteiger partial charge in [0.1, 0.15) is 0 Å². The minimum Gasteiger partial charge on any atom is -0.465 e. The van der Waals surface area contributed by atoms with Gasteiger partial charge in [-0.25, -0.2) is 4.79 Å². The molecule has 0 radical (unpaired) electrons. The summed E-state index contributed by atoms with van der Waals surface area (Å²) >= 11 is 0. The van der Waals surface area contributed by atoms with Gasteiger partial charge in [0.2, 0.25) is 0 Å². The number of rotatable bonds is 15. The Labute approximate surface area is 161 Å². The van der Waals surface area contributed by atoms with E-state index in [2.05, 4.69) is 0 Å². The van der Waals surface area contributed by atoms with Crippen LogP contribution in [0.25, 0.3) is 0 Å². The molecule has 0 heterocycles. The van der Waals surface area contributed by atoms with E-state index in [0.717, 1.165) is 11.1 Å². The van der Waals surface area contributed by atoms with Gasteiger partial charge in [-0.3, -0.25) is 0 Å². The molecular formula is C19H32N2O6. The van der Waals surface area contributed by atoms with Crippen LogP contribution in [-0.2, 0) is 30.3 Å². The van der Waals surface area contributed by atoms with Crippen LogP contribution in [0.1, 0.15) is 34.5 Å². The molecule has 1 atom stereocenters. The zero-order chi connectivity index (χ0) is 19.9. The van der Waals surface area contributed by atoms with Crippen molar-refractivity contribution in [3.8, 4) is 0 Å². The highest BCUT2D eigenvalue weighted by atomic mass is 16.6. The average Bonchev–Trinajstić information content (AvgIpc) is 2.68. The summed E-state index contributed by atoms with van der Waals surface area (Å²) in [5.41, 5.74) is 13.4. The molecule has 0 amide bonds. The number of carbonyl (C=O) groups is 1. The molecule has 0 saturated carbocycles. The molecule has 154 valence electrons. The van der Waals surface area contributed by atoms with Crippen LogP contribution < -0.4 is 11.5 Å². The third kappa shape index (κ3) is 9.81. The fraction of sp³-hybridized carbons (Fsp3) is 0.632. The predicted octanol–water partition coefficient (Wildman–Crippen LogP) is 1.02. The zero-order valence-electron chi connectivity index (χ0n) is 16.3. The van der Waals surface area contributed by atoms with Crippen LogP contribution in [0.4, 0.5) is 0 Å². The van der Waals surface area contributed by atoms with E-state index in [1.54, 1.807) is 6.07 Å². The van der Waals surface area contributed by atoms with E-state index in [1.165, 1.54) is 7.11 Å². The van der Waals surface area contributed by atoms with Gasteiger partial charge in [0.15, 0.2) is 0 Å². The van der Waals surface area contributed by atoms with Crippen LogP contribution in [0.5, 0.6) is 0 Å². The number of ether oxygens (including phenoxy) is 5. The van der Waals surface area contributed by atoms with Gasteiger partial charge in [-0.05, 0) is 24.1 Å². The third-order valence-corrected chi connectivity index (χ3v) is 3.66. The molecule has 1 unspecified atom stereocenters. The minimum atomic E-state index is -0.392. The van der Waals surface area contributed by atoms with E-state index in [9.17, 15) is 4.79 Å². The Bertz CT molecular complexity index is 539. The number of nitrogens with two attached hydrogens (primary N) is 2. The average molecular weight is 384 g/mol. The lowest BCUT2D eigenvalue weighted by Crippen LogP contribution is -2.14. The van der Waals surface area contributed by atoms with Crippen molar-refractivity contribution in [2.24, 2.45) is 11.5 Å². The van der Waals surface area contributed by atoms with E-state index in [1.807, 2.05) is 19.1 Å². The highest BCUT2D eigenvalue weighted by molar-refractivity contribution is 5.91. The number of methoxy groups -OCH3 is 1. The lowest BCUT2D eigenvalue weighted by atomic mass is 9.99. The maximum absolute atomic E-state index is 11.8. The summed E-state index contributed by atoms with van der Waals surface area (Å²) in [6, 6.07) is 5.15. The Hall–Kier alpha value is -1.55. The van der Waals surface area contributed by atoms with Crippen molar-refractivity contribution in [2.45, 2.75) is 19.6 Å². The van der Waals surface area contributed by atoms with Crippen LogP contribution in [0.3, 0.4) is 0 Å². The van der Waals surface area contributed by atoms with Crippen molar-refractivity contribution >= 4 is 5.97 Å². The molecule has 8 nitrogen and oxygen atoms in total. The first-order valence-electron chi connectivity index (χ1n) is 9.08.